The van der Waals surface area contributed by atoms with Crippen molar-refractivity contribution in [1.82, 2.24) is 4.90 Å². The van der Waals surface area contributed by atoms with Crippen molar-refractivity contribution >= 4 is 0 Å². The summed E-state index contributed by atoms with van der Waals surface area (Å²) in [6, 6.07) is 0. The van der Waals surface area contributed by atoms with Gasteiger partial charge in [-0.15, -0.1) is 0 Å². The van der Waals surface area contributed by atoms with Gasteiger partial charge in [0, 0.05) is 6.54 Å². The second kappa shape index (κ2) is 4.27. The molecule has 0 saturated carbocycles. The van der Waals surface area contributed by atoms with E-state index >= 15 is 0 Å². The van der Waals surface area contributed by atoms with Crippen LogP contribution in [0.1, 0.15) is 46.0 Å². The SMILES string of the molecule is CCCC1(C)CCCCN(C)C1. The summed E-state index contributed by atoms with van der Waals surface area (Å²) in [6.07, 6.45) is 7.00. The highest BCUT2D eigenvalue weighted by molar-refractivity contribution is 4.79. The summed E-state index contributed by atoms with van der Waals surface area (Å²) in [5.74, 6) is 0. The Morgan fingerprint density at radius 2 is 2.08 bits per heavy atom. The fraction of sp³-hybridized carbons (Fsp3) is 1.00. The van der Waals surface area contributed by atoms with Crippen molar-refractivity contribution in [3.8, 4) is 0 Å². The molecule has 1 aliphatic heterocycles. The monoisotopic (exact) mass is 169 g/mol. The van der Waals surface area contributed by atoms with Crippen molar-refractivity contribution in [2.45, 2.75) is 46.0 Å². The molecule has 1 rings (SSSR count). The third-order valence-electron chi connectivity index (χ3n) is 3.08. The maximum absolute atomic E-state index is 2.50. The lowest BCUT2D eigenvalue weighted by molar-refractivity contribution is 0.192. The zero-order valence-electron chi connectivity index (χ0n) is 8.90. The summed E-state index contributed by atoms with van der Waals surface area (Å²) in [6.45, 7) is 7.37. The van der Waals surface area contributed by atoms with Crippen LogP contribution in [0.15, 0.2) is 0 Å². The highest BCUT2D eigenvalue weighted by atomic mass is 15.1. The van der Waals surface area contributed by atoms with Crippen LogP contribution in [0.4, 0.5) is 0 Å². The molecule has 0 bridgehead atoms. The number of rotatable bonds is 2. The van der Waals surface area contributed by atoms with Crippen molar-refractivity contribution in [2.75, 3.05) is 20.1 Å². The molecule has 12 heavy (non-hydrogen) atoms. The lowest BCUT2D eigenvalue weighted by atomic mass is 9.81. The highest BCUT2D eigenvalue weighted by Crippen LogP contribution is 2.32. The Morgan fingerprint density at radius 3 is 2.75 bits per heavy atom. The summed E-state index contributed by atoms with van der Waals surface area (Å²) >= 11 is 0. The molecule has 1 nitrogen and oxygen atoms in total. The first-order valence-corrected chi connectivity index (χ1v) is 5.35. The fourth-order valence-corrected chi connectivity index (χ4v) is 2.55. The quantitative estimate of drug-likeness (QED) is 0.614. The molecule has 1 atom stereocenters. The van der Waals surface area contributed by atoms with Gasteiger partial charge in [-0.05, 0) is 38.3 Å². The molecule has 1 unspecified atom stereocenters. The van der Waals surface area contributed by atoms with E-state index in [0.29, 0.717) is 5.41 Å². The molecular formula is C11H23N. The fourth-order valence-electron chi connectivity index (χ4n) is 2.55. The molecule has 1 fully saturated rings. The summed E-state index contributed by atoms with van der Waals surface area (Å²) in [4.78, 5) is 2.50. The van der Waals surface area contributed by atoms with Crippen molar-refractivity contribution in [3.63, 3.8) is 0 Å². The summed E-state index contributed by atoms with van der Waals surface area (Å²) in [5, 5.41) is 0. The van der Waals surface area contributed by atoms with Gasteiger partial charge in [-0.1, -0.05) is 26.7 Å². The number of nitrogens with zero attached hydrogens (tertiary/aromatic N) is 1. The Hall–Kier alpha value is -0.0400. The predicted octanol–water partition coefficient (Wildman–Crippen LogP) is 2.91. The lowest BCUT2D eigenvalue weighted by Crippen LogP contribution is -2.31. The Morgan fingerprint density at radius 1 is 1.33 bits per heavy atom. The minimum absolute atomic E-state index is 0.611. The van der Waals surface area contributed by atoms with E-state index in [1.54, 1.807) is 0 Å². The topological polar surface area (TPSA) is 3.24 Å². The predicted molar refractivity (Wildman–Crippen MR) is 54.4 cm³/mol. The van der Waals surface area contributed by atoms with Gasteiger partial charge in [0.05, 0.1) is 0 Å². The zero-order valence-corrected chi connectivity index (χ0v) is 8.90. The van der Waals surface area contributed by atoms with Crippen molar-refractivity contribution < 1.29 is 0 Å². The summed E-state index contributed by atoms with van der Waals surface area (Å²) in [5.41, 5.74) is 0.611. The van der Waals surface area contributed by atoms with Gasteiger partial charge in [-0.3, -0.25) is 0 Å². The van der Waals surface area contributed by atoms with Crippen LogP contribution in [0.25, 0.3) is 0 Å². The van der Waals surface area contributed by atoms with Crippen LogP contribution >= 0.6 is 0 Å². The molecule has 0 spiro atoms. The first-order chi connectivity index (χ1) is 5.66. The molecule has 0 amide bonds. The smallest absolute Gasteiger partial charge is 0.00323 e. The van der Waals surface area contributed by atoms with Gasteiger partial charge in [0.25, 0.3) is 0 Å². The van der Waals surface area contributed by atoms with Crippen LogP contribution in [0.3, 0.4) is 0 Å². The van der Waals surface area contributed by atoms with E-state index < -0.39 is 0 Å². The Balaban J connectivity index is 2.49. The van der Waals surface area contributed by atoms with Crippen LogP contribution in [0.5, 0.6) is 0 Å². The van der Waals surface area contributed by atoms with E-state index in [4.69, 9.17) is 0 Å². The normalized spacial score (nSPS) is 33.2. The van der Waals surface area contributed by atoms with Gasteiger partial charge in [0.15, 0.2) is 0 Å². The third-order valence-corrected chi connectivity index (χ3v) is 3.08. The Kier molecular flexibility index (Phi) is 3.57. The van der Waals surface area contributed by atoms with E-state index in [1.165, 1.54) is 45.2 Å². The maximum Gasteiger partial charge on any atom is 0.00323 e. The van der Waals surface area contributed by atoms with Gasteiger partial charge < -0.3 is 4.90 Å². The molecule has 1 aliphatic rings. The minimum atomic E-state index is 0.611. The van der Waals surface area contributed by atoms with E-state index in [0.717, 1.165) is 0 Å². The minimum Gasteiger partial charge on any atom is -0.306 e. The second-order valence-electron chi connectivity index (χ2n) is 4.76. The molecule has 1 saturated heterocycles. The second-order valence-corrected chi connectivity index (χ2v) is 4.76. The van der Waals surface area contributed by atoms with Crippen molar-refractivity contribution in [3.05, 3.63) is 0 Å². The number of hydrogen-bond acceptors (Lipinski definition) is 1. The molecule has 0 aromatic carbocycles. The average Bonchev–Trinajstić information content (AvgIpc) is 2.12. The van der Waals surface area contributed by atoms with Gasteiger partial charge >= 0.3 is 0 Å². The van der Waals surface area contributed by atoms with E-state index in [2.05, 4.69) is 25.8 Å². The molecule has 0 aliphatic carbocycles. The van der Waals surface area contributed by atoms with Crippen LogP contribution in [-0.2, 0) is 0 Å². The van der Waals surface area contributed by atoms with E-state index in [-0.39, 0.29) is 0 Å². The largest absolute Gasteiger partial charge is 0.306 e. The molecule has 0 N–H and O–H groups in total. The summed E-state index contributed by atoms with van der Waals surface area (Å²) < 4.78 is 0. The molecule has 0 aromatic rings. The maximum atomic E-state index is 2.50. The third kappa shape index (κ3) is 2.78. The average molecular weight is 169 g/mol. The molecular weight excluding hydrogens is 146 g/mol. The van der Waals surface area contributed by atoms with E-state index in [9.17, 15) is 0 Å². The van der Waals surface area contributed by atoms with Gasteiger partial charge in [-0.2, -0.15) is 0 Å². The highest BCUT2D eigenvalue weighted by Gasteiger charge is 2.26. The van der Waals surface area contributed by atoms with Crippen molar-refractivity contribution in [2.24, 2.45) is 5.41 Å². The lowest BCUT2D eigenvalue weighted by Gasteiger charge is -2.30. The van der Waals surface area contributed by atoms with Gasteiger partial charge in [0.1, 0.15) is 0 Å². The van der Waals surface area contributed by atoms with Crippen LogP contribution in [0.2, 0.25) is 0 Å². The Bertz CT molecular complexity index is 133. The first kappa shape index (κ1) is 10.0. The van der Waals surface area contributed by atoms with E-state index in [1.807, 2.05) is 0 Å². The number of hydrogen-bond donors (Lipinski definition) is 0. The zero-order chi connectivity index (χ0) is 9.03. The van der Waals surface area contributed by atoms with Crippen molar-refractivity contribution in [1.29, 1.82) is 0 Å². The standard InChI is InChI=1S/C11H23N/c1-4-7-11(2)8-5-6-9-12(3)10-11/h4-10H2,1-3H3. The van der Waals surface area contributed by atoms with Crippen LogP contribution in [-0.4, -0.2) is 25.0 Å². The molecule has 0 radical (unpaired) electrons. The Labute approximate surface area is 77.1 Å². The number of likely N-dealkylation sites (tertiary alicyclic amines) is 1. The van der Waals surface area contributed by atoms with Crippen LogP contribution < -0.4 is 0 Å². The van der Waals surface area contributed by atoms with Gasteiger partial charge in [0.2, 0.25) is 0 Å². The molecule has 0 aromatic heterocycles. The molecule has 1 heterocycles. The summed E-state index contributed by atoms with van der Waals surface area (Å²) in [7, 11) is 2.26. The first-order valence-electron chi connectivity index (χ1n) is 5.35. The van der Waals surface area contributed by atoms with Crippen LogP contribution in [0, 0.1) is 5.41 Å². The molecule has 72 valence electrons. The molecule has 1 heteroatoms. The van der Waals surface area contributed by atoms with Gasteiger partial charge in [-0.25, -0.2) is 0 Å².